The minimum atomic E-state index is -0.837. The molecule has 150 valence electrons. The molecule has 1 aromatic heterocycles. The summed E-state index contributed by atoms with van der Waals surface area (Å²) in [6.45, 7) is 2.90. The van der Waals surface area contributed by atoms with Crippen LogP contribution in [-0.4, -0.2) is 69.6 Å². The molecular weight excluding hydrogens is 350 g/mol. The van der Waals surface area contributed by atoms with Crippen LogP contribution in [0.25, 0.3) is 0 Å². The van der Waals surface area contributed by atoms with Crippen molar-refractivity contribution in [1.82, 2.24) is 30.3 Å². The van der Waals surface area contributed by atoms with Gasteiger partial charge in [-0.3, -0.25) is 25.6 Å². The summed E-state index contributed by atoms with van der Waals surface area (Å²) in [5.74, 6) is 1.11. The Morgan fingerprint density at radius 3 is 2.70 bits per heavy atom. The van der Waals surface area contributed by atoms with Gasteiger partial charge in [0.25, 0.3) is 0 Å². The molecule has 0 aliphatic heterocycles. The lowest BCUT2D eigenvalue weighted by molar-refractivity contribution is -0.163. The van der Waals surface area contributed by atoms with E-state index < -0.39 is 5.41 Å². The van der Waals surface area contributed by atoms with Gasteiger partial charge >= 0.3 is 0 Å². The maximum atomic E-state index is 12.8. The van der Waals surface area contributed by atoms with Crippen molar-refractivity contribution < 1.29 is 14.8 Å². The monoisotopic (exact) mass is 379 g/mol. The van der Waals surface area contributed by atoms with Crippen LogP contribution >= 0.6 is 0 Å². The quantitative estimate of drug-likeness (QED) is 0.321. The third kappa shape index (κ3) is 6.10. The van der Waals surface area contributed by atoms with Gasteiger partial charge in [0.05, 0.1) is 12.0 Å². The van der Waals surface area contributed by atoms with E-state index in [0.29, 0.717) is 42.5 Å². The number of hydroxylamine groups is 2. The number of nitrogens with one attached hydrogen (secondary N) is 2. The minimum absolute atomic E-state index is 0.0397. The largest absolute Gasteiger partial charge is 0.309 e. The number of hydrogen-bond donors (Lipinski definition) is 3. The molecule has 0 spiro atoms. The van der Waals surface area contributed by atoms with Gasteiger partial charge in [-0.1, -0.05) is 6.92 Å². The van der Waals surface area contributed by atoms with Crippen LogP contribution < -0.4 is 10.9 Å². The van der Waals surface area contributed by atoms with Crippen LogP contribution in [0.1, 0.15) is 38.4 Å². The van der Waals surface area contributed by atoms with Gasteiger partial charge in [0.2, 0.25) is 18.3 Å². The Bertz CT molecular complexity index is 633. The number of anilines is 1. The lowest BCUT2D eigenvalue weighted by atomic mass is 9.70. The maximum Gasteiger partial charge on any atom is 0.246 e. The number of aromatic nitrogens is 3. The molecule has 2 amide bonds. The van der Waals surface area contributed by atoms with Crippen LogP contribution in [0, 0.1) is 11.3 Å². The Labute approximate surface area is 159 Å². The Morgan fingerprint density at radius 2 is 2.07 bits per heavy atom. The van der Waals surface area contributed by atoms with Crippen molar-refractivity contribution in [3.05, 3.63) is 12.2 Å². The molecule has 27 heavy (non-hydrogen) atoms. The van der Waals surface area contributed by atoms with Gasteiger partial charge < -0.3 is 4.90 Å². The molecule has 0 radical (unpaired) electrons. The number of nitrogens with zero attached hydrogens (tertiary/aromatic N) is 5. The van der Waals surface area contributed by atoms with Gasteiger partial charge in [-0.25, -0.2) is 10.0 Å². The number of hydrazine groups is 1. The highest BCUT2D eigenvalue weighted by atomic mass is 16.5. The van der Waals surface area contributed by atoms with Crippen LogP contribution in [-0.2, 0) is 16.0 Å². The van der Waals surface area contributed by atoms with E-state index in [1.807, 2.05) is 19.0 Å². The fraction of sp³-hybridized carbons (Fsp3) is 0.706. The standard InChI is InChI=1S/C17H29N7O3/c1-13-4-7-17(8-5-13,10-24(27)12-25)15(26)21-22-16-19-11-18-14(20-16)6-9-23(2)3/h11-13,27H,4-10H2,1-3H3,(H,21,26)(H,18,19,20,22). The van der Waals surface area contributed by atoms with Gasteiger partial charge in [0, 0.05) is 13.0 Å². The van der Waals surface area contributed by atoms with Crippen LogP contribution in [0.2, 0.25) is 0 Å². The summed E-state index contributed by atoms with van der Waals surface area (Å²) in [6.07, 6.45) is 5.30. The fourth-order valence-electron chi connectivity index (χ4n) is 3.20. The van der Waals surface area contributed by atoms with Crippen molar-refractivity contribution in [2.75, 3.05) is 32.6 Å². The molecular formula is C17H29N7O3. The van der Waals surface area contributed by atoms with Gasteiger partial charge in [-0.15, -0.1) is 0 Å². The minimum Gasteiger partial charge on any atom is -0.309 e. The highest BCUT2D eigenvalue weighted by Crippen LogP contribution is 2.39. The second-order valence-corrected chi connectivity index (χ2v) is 7.52. The molecule has 10 nitrogen and oxygen atoms in total. The molecule has 1 saturated carbocycles. The van der Waals surface area contributed by atoms with E-state index in [1.54, 1.807) is 0 Å². The van der Waals surface area contributed by atoms with Crippen LogP contribution in [0.15, 0.2) is 6.33 Å². The Balaban J connectivity index is 2.01. The third-order valence-electron chi connectivity index (χ3n) is 4.99. The van der Waals surface area contributed by atoms with Gasteiger partial charge in [0.1, 0.15) is 12.2 Å². The lowest BCUT2D eigenvalue weighted by Crippen LogP contribution is -2.51. The molecule has 1 aliphatic rings. The Hall–Kier alpha value is -2.33. The average Bonchev–Trinajstić information content (AvgIpc) is 2.66. The molecule has 1 aromatic rings. The fourth-order valence-corrected chi connectivity index (χ4v) is 3.20. The second-order valence-electron chi connectivity index (χ2n) is 7.52. The molecule has 10 heteroatoms. The first-order chi connectivity index (χ1) is 12.8. The van der Waals surface area contributed by atoms with Crippen molar-refractivity contribution in [2.45, 2.75) is 39.0 Å². The zero-order chi connectivity index (χ0) is 19.9. The smallest absolute Gasteiger partial charge is 0.246 e. The number of likely N-dealkylation sites (N-methyl/N-ethyl adjacent to an activating group) is 1. The van der Waals surface area contributed by atoms with Crippen LogP contribution in [0.4, 0.5) is 5.95 Å². The Kier molecular flexibility index (Phi) is 7.43. The predicted octanol–water partition coefficient (Wildman–Crippen LogP) is 0.463. The number of hydrogen-bond acceptors (Lipinski definition) is 8. The first kappa shape index (κ1) is 21.0. The van der Waals surface area contributed by atoms with Crippen LogP contribution in [0.3, 0.4) is 0 Å². The van der Waals surface area contributed by atoms with Crippen molar-refractivity contribution >= 4 is 18.3 Å². The van der Waals surface area contributed by atoms with E-state index in [9.17, 15) is 14.8 Å². The summed E-state index contributed by atoms with van der Waals surface area (Å²) in [5, 5.41) is 10.2. The van der Waals surface area contributed by atoms with E-state index in [2.05, 4.69) is 32.7 Å². The zero-order valence-corrected chi connectivity index (χ0v) is 16.2. The summed E-state index contributed by atoms with van der Waals surface area (Å²) in [5.41, 5.74) is 4.54. The lowest BCUT2D eigenvalue weighted by Gasteiger charge is -2.38. The predicted molar refractivity (Wildman–Crippen MR) is 98.5 cm³/mol. The molecule has 1 heterocycles. The molecule has 0 atom stereocenters. The SMILES string of the molecule is CC1CCC(CN(O)C=O)(C(=O)NNc2ncnc(CCN(C)C)n2)CC1. The van der Waals surface area contributed by atoms with E-state index in [4.69, 9.17) is 0 Å². The summed E-state index contributed by atoms with van der Waals surface area (Å²) in [7, 11) is 3.93. The van der Waals surface area contributed by atoms with E-state index in [1.165, 1.54) is 6.33 Å². The molecule has 0 aromatic carbocycles. The summed E-state index contributed by atoms with van der Waals surface area (Å²) < 4.78 is 0. The van der Waals surface area contributed by atoms with Crippen molar-refractivity contribution in [2.24, 2.45) is 11.3 Å². The average molecular weight is 379 g/mol. The Morgan fingerprint density at radius 1 is 1.37 bits per heavy atom. The van der Waals surface area contributed by atoms with E-state index in [-0.39, 0.29) is 18.4 Å². The van der Waals surface area contributed by atoms with Gasteiger partial charge in [-0.05, 0) is 45.7 Å². The molecule has 2 rings (SSSR count). The van der Waals surface area contributed by atoms with Crippen molar-refractivity contribution in [3.63, 3.8) is 0 Å². The molecule has 0 unspecified atom stereocenters. The normalized spacial score (nSPS) is 22.3. The molecule has 3 N–H and O–H groups in total. The summed E-state index contributed by atoms with van der Waals surface area (Å²) >= 11 is 0. The second kappa shape index (κ2) is 9.56. The highest BCUT2D eigenvalue weighted by Gasteiger charge is 2.42. The maximum absolute atomic E-state index is 12.8. The zero-order valence-electron chi connectivity index (χ0n) is 16.2. The number of rotatable bonds is 9. The van der Waals surface area contributed by atoms with Gasteiger partial charge in [0.15, 0.2) is 0 Å². The van der Waals surface area contributed by atoms with Crippen LogP contribution in [0.5, 0.6) is 0 Å². The third-order valence-corrected chi connectivity index (χ3v) is 4.99. The van der Waals surface area contributed by atoms with E-state index >= 15 is 0 Å². The number of carbonyl (C=O) groups is 2. The van der Waals surface area contributed by atoms with E-state index in [0.717, 1.165) is 19.4 Å². The van der Waals surface area contributed by atoms with Crippen molar-refractivity contribution in [1.29, 1.82) is 0 Å². The molecule has 0 saturated heterocycles. The molecule has 0 bridgehead atoms. The first-order valence-electron chi connectivity index (χ1n) is 9.14. The van der Waals surface area contributed by atoms with Crippen molar-refractivity contribution in [3.8, 4) is 0 Å². The number of carbonyl (C=O) groups excluding carboxylic acids is 2. The topological polar surface area (TPSA) is 124 Å². The summed E-state index contributed by atoms with van der Waals surface area (Å²) in [4.78, 5) is 38.1. The molecule has 1 aliphatic carbocycles. The number of amides is 2. The van der Waals surface area contributed by atoms with Gasteiger partial charge in [-0.2, -0.15) is 9.97 Å². The molecule has 1 fully saturated rings. The summed E-state index contributed by atoms with van der Waals surface area (Å²) in [6, 6.07) is 0. The highest BCUT2D eigenvalue weighted by molar-refractivity contribution is 5.84. The first-order valence-corrected chi connectivity index (χ1v) is 9.14.